The van der Waals surface area contributed by atoms with Crippen molar-refractivity contribution in [1.29, 1.82) is 0 Å². The Morgan fingerprint density at radius 1 is 1.17 bits per heavy atom. The maximum absolute atomic E-state index is 12.0. The number of amides is 1. The van der Waals surface area contributed by atoms with Gasteiger partial charge in [0.25, 0.3) is 0 Å². The summed E-state index contributed by atoms with van der Waals surface area (Å²) in [5.41, 5.74) is 3.63. The molecule has 0 aromatic heterocycles. The summed E-state index contributed by atoms with van der Waals surface area (Å²) < 4.78 is 10.7. The van der Waals surface area contributed by atoms with Crippen molar-refractivity contribution in [3.8, 4) is 11.5 Å². The molecule has 126 valence electrons. The SMILES string of the molecule is COc1cccc(CCC(=O)NCCc2ccc3c(c2)CCO3)c1. The Morgan fingerprint density at radius 2 is 2.04 bits per heavy atom. The minimum absolute atomic E-state index is 0.0855. The molecule has 1 aliphatic heterocycles. The molecular formula is C20H23NO3. The molecule has 24 heavy (non-hydrogen) atoms. The number of hydrogen-bond acceptors (Lipinski definition) is 3. The summed E-state index contributed by atoms with van der Waals surface area (Å²) in [4.78, 5) is 12.0. The van der Waals surface area contributed by atoms with E-state index in [0.717, 1.165) is 42.9 Å². The Labute approximate surface area is 142 Å². The van der Waals surface area contributed by atoms with Gasteiger partial charge in [0.15, 0.2) is 0 Å². The molecule has 0 unspecified atom stereocenters. The number of carbonyl (C=O) groups is 1. The van der Waals surface area contributed by atoms with Gasteiger partial charge in [-0.05, 0) is 47.7 Å². The second-order valence-corrected chi connectivity index (χ2v) is 5.99. The van der Waals surface area contributed by atoms with E-state index in [-0.39, 0.29) is 5.91 Å². The van der Waals surface area contributed by atoms with Gasteiger partial charge in [-0.1, -0.05) is 24.3 Å². The van der Waals surface area contributed by atoms with Gasteiger partial charge in [0.2, 0.25) is 5.91 Å². The predicted octanol–water partition coefficient (Wildman–Crippen LogP) is 2.92. The number of ether oxygens (including phenoxy) is 2. The minimum atomic E-state index is 0.0855. The predicted molar refractivity (Wildman–Crippen MR) is 93.7 cm³/mol. The summed E-state index contributed by atoms with van der Waals surface area (Å²) in [6.07, 6.45) is 3.04. The number of hydrogen-bond donors (Lipinski definition) is 1. The average molecular weight is 325 g/mol. The van der Waals surface area contributed by atoms with Gasteiger partial charge in [-0.2, -0.15) is 0 Å². The third-order valence-electron chi connectivity index (χ3n) is 4.26. The van der Waals surface area contributed by atoms with E-state index in [2.05, 4.69) is 17.4 Å². The van der Waals surface area contributed by atoms with Crippen LogP contribution in [0.1, 0.15) is 23.1 Å². The van der Waals surface area contributed by atoms with Gasteiger partial charge in [0, 0.05) is 19.4 Å². The molecule has 0 radical (unpaired) electrons. The van der Waals surface area contributed by atoms with Gasteiger partial charge in [0.1, 0.15) is 11.5 Å². The lowest BCUT2D eigenvalue weighted by atomic mass is 10.1. The summed E-state index contributed by atoms with van der Waals surface area (Å²) in [5.74, 6) is 1.91. The highest BCUT2D eigenvalue weighted by Gasteiger charge is 2.11. The van der Waals surface area contributed by atoms with E-state index in [9.17, 15) is 4.79 Å². The second kappa shape index (κ2) is 7.86. The van der Waals surface area contributed by atoms with Crippen LogP contribution in [0.3, 0.4) is 0 Å². The molecule has 1 heterocycles. The summed E-state index contributed by atoms with van der Waals surface area (Å²) >= 11 is 0. The van der Waals surface area contributed by atoms with E-state index in [4.69, 9.17) is 9.47 Å². The number of fused-ring (bicyclic) bond motifs is 1. The Morgan fingerprint density at radius 3 is 2.92 bits per heavy atom. The fourth-order valence-electron chi connectivity index (χ4n) is 2.92. The zero-order chi connectivity index (χ0) is 16.8. The van der Waals surface area contributed by atoms with Gasteiger partial charge in [-0.25, -0.2) is 0 Å². The lowest BCUT2D eigenvalue weighted by Crippen LogP contribution is -2.25. The van der Waals surface area contributed by atoms with Crippen LogP contribution in [0.15, 0.2) is 42.5 Å². The molecule has 0 spiro atoms. The molecule has 4 nitrogen and oxygen atoms in total. The van der Waals surface area contributed by atoms with Crippen LogP contribution in [-0.4, -0.2) is 26.2 Å². The first kappa shape index (κ1) is 16.4. The molecule has 2 aromatic carbocycles. The Kier molecular flexibility index (Phi) is 5.36. The van der Waals surface area contributed by atoms with Gasteiger partial charge in [0.05, 0.1) is 13.7 Å². The molecule has 1 amide bonds. The van der Waals surface area contributed by atoms with Crippen molar-refractivity contribution in [2.24, 2.45) is 0 Å². The van der Waals surface area contributed by atoms with E-state index >= 15 is 0 Å². The lowest BCUT2D eigenvalue weighted by Gasteiger charge is -2.07. The summed E-state index contributed by atoms with van der Waals surface area (Å²) in [7, 11) is 1.65. The highest BCUT2D eigenvalue weighted by atomic mass is 16.5. The zero-order valence-corrected chi connectivity index (χ0v) is 14.0. The molecule has 0 saturated heterocycles. The van der Waals surface area contributed by atoms with Crippen LogP contribution in [0.2, 0.25) is 0 Å². The average Bonchev–Trinajstić information content (AvgIpc) is 3.08. The van der Waals surface area contributed by atoms with Crippen molar-refractivity contribution in [3.63, 3.8) is 0 Å². The topological polar surface area (TPSA) is 47.6 Å². The maximum Gasteiger partial charge on any atom is 0.220 e. The Hall–Kier alpha value is -2.49. The summed E-state index contributed by atoms with van der Waals surface area (Å²) in [6, 6.07) is 14.1. The standard InChI is InChI=1S/C20H23NO3/c1-23-18-4-2-3-15(14-18)6-8-20(22)21-11-9-16-5-7-19-17(13-16)10-12-24-19/h2-5,7,13-14H,6,8-12H2,1H3,(H,21,22). The van der Waals surface area contributed by atoms with E-state index in [1.807, 2.05) is 30.3 Å². The Bertz CT molecular complexity index is 712. The highest BCUT2D eigenvalue weighted by Crippen LogP contribution is 2.25. The Balaban J connectivity index is 1.41. The van der Waals surface area contributed by atoms with Crippen LogP contribution in [0.5, 0.6) is 11.5 Å². The van der Waals surface area contributed by atoms with Gasteiger partial charge < -0.3 is 14.8 Å². The molecule has 0 aliphatic carbocycles. The molecule has 2 aromatic rings. The molecule has 1 aliphatic rings. The van der Waals surface area contributed by atoms with Crippen LogP contribution in [0, 0.1) is 0 Å². The van der Waals surface area contributed by atoms with Crippen LogP contribution >= 0.6 is 0 Å². The molecule has 0 bridgehead atoms. The van der Waals surface area contributed by atoms with E-state index in [1.165, 1.54) is 11.1 Å². The number of rotatable bonds is 7. The monoisotopic (exact) mass is 325 g/mol. The van der Waals surface area contributed by atoms with Crippen LogP contribution in [-0.2, 0) is 24.1 Å². The molecule has 0 atom stereocenters. The van der Waals surface area contributed by atoms with E-state index < -0.39 is 0 Å². The third kappa shape index (κ3) is 4.28. The fourth-order valence-corrected chi connectivity index (χ4v) is 2.92. The molecular weight excluding hydrogens is 302 g/mol. The van der Waals surface area contributed by atoms with Crippen molar-refractivity contribution in [2.75, 3.05) is 20.3 Å². The van der Waals surface area contributed by atoms with Crippen LogP contribution < -0.4 is 14.8 Å². The first-order valence-corrected chi connectivity index (χ1v) is 8.39. The number of nitrogens with one attached hydrogen (secondary N) is 1. The number of benzene rings is 2. The van der Waals surface area contributed by atoms with Gasteiger partial charge in [-0.15, -0.1) is 0 Å². The highest BCUT2D eigenvalue weighted by molar-refractivity contribution is 5.76. The van der Waals surface area contributed by atoms with Crippen molar-refractivity contribution in [1.82, 2.24) is 5.32 Å². The van der Waals surface area contributed by atoms with Crippen molar-refractivity contribution in [3.05, 3.63) is 59.2 Å². The molecule has 1 N–H and O–H groups in total. The summed E-state index contributed by atoms with van der Waals surface area (Å²) in [6.45, 7) is 1.44. The minimum Gasteiger partial charge on any atom is -0.497 e. The van der Waals surface area contributed by atoms with Crippen LogP contribution in [0.25, 0.3) is 0 Å². The number of aryl methyl sites for hydroxylation is 1. The van der Waals surface area contributed by atoms with Crippen molar-refractivity contribution >= 4 is 5.91 Å². The molecule has 0 saturated carbocycles. The number of carbonyl (C=O) groups excluding carboxylic acids is 1. The second-order valence-electron chi connectivity index (χ2n) is 5.99. The van der Waals surface area contributed by atoms with Gasteiger partial charge in [-0.3, -0.25) is 4.79 Å². The van der Waals surface area contributed by atoms with E-state index in [0.29, 0.717) is 13.0 Å². The third-order valence-corrected chi connectivity index (χ3v) is 4.26. The molecule has 4 heteroatoms. The van der Waals surface area contributed by atoms with Gasteiger partial charge >= 0.3 is 0 Å². The molecule has 0 fully saturated rings. The van der Waals surface area contributed by atoms with E-state index in [1.54, 1.807) is 7.11 Å². The van der Waals surface area contributed by atoms with Crippen molar-refractivity contribution < 1.29 is 14.3 Å². The largest absolute Gasteiger partial charge is 0.497 e. The smallest absolute Gasteiger partial charge is 0.220 e. The first-order chi connectivity index (χ1) is 11.7. The quantitative estimate of drug-likeness (QED) is 0.851. The first-order valence-electron chi connectivity index (χ1n) is 8.39. The normalized spacial score (nSPS) is 12.4. The lowest BCUT2D eigenvalue weighted by molar-refractivity contribution is -0.121. The summed E-state index contributed by atoms with van der Waals surface area (Å²) in [5, 5.41) is 3.00. The number of methoxy groups -OCH3 is 1. The molecule has 3 rings (SSSR count). The zero-order valence-electron chi connectivity index (χ0n) is 14.0. The fraction of sp³-hybridized carbons (Fsp3) is 0.350. The van der Waals surface area contributed by atoms with Crippen LogP contribution in [0.4, 0.5) is 0 Å². The maximum atomic E-state index is 12.0. The van der Waals surface area contributed by atoms with Crippen molar-refractivity contribution in [2.45, 2.75) is 25.7 Å².